The van der Waals surface area contributed by atoms with Crippen molar-refractivity contribution in [3.05, 3.63) is 29.8 Å². The SMILES string of the molecule is CCCCN(C(N)=O)C1CCc2ccccc2N1. The molecule has 4 nitrogen and oxygen atoms in total. The predicted octanol–water partition coefficient (Wildman–Crippen LogP) is 2.55. The third-order valence-electron chi connectivity index (χ3n) is 3.44. The Morgan fingerprint density at radius 2 is 2.28 bits per heavy atom. The van der Waals surface area contributed by atoms with Gasteiger partial charge in [-0.3, -0.25) is 0 Å². The maximum Gasteiger partial charge on any atom is 0.316 e. The number of hydrogen-bond acceptors (Lipinski definition) is 2. The molecule has 0 saturated carbocycles. The number of unbranched alkanes of at least 4 members (excludes halogenated alkanes) is 1. The fraction of sp³-hybridized carbons (Fsp3) is 0.500. The molecule has 1 aliphatic heterocycles. The number of amides is 2. The number of hydrogen-bond donors (Lipinski definition) is 2. The summed E-state index contributed by atoms with van der Waals surface area (Å²) in [6.07, 6.45) is 3.99. The van der Waals surface area contributed by atoms with Crippen molar-refractivity contribution in [2.75, 3.05) is 11.9 Å². The highest BCUT2D eigenvalue weighted by molar-refractivity contribution is 5.73. The van der Waals surface area contributed by atoms with E-state index in [4.69, 9.17) is 5.73 Å². The van der Waals surface area contributed by atoms with Crippen LogP contribution in [0.3, 0.4) is 0 Å². The molecule has 1 atom stereocenters. The zero-order valence-electron chi connectivity index (χ0n) is 10.9. The molecular formula is C14H21N3O. The second kappa shape index (κ2) is 5.76. The lowest BCUT2D eigenvalue weighted by Crippen LogP contribution is -2.49. The molecule has 0 fully saturated rings. The summed E-state index contributed by atoms with van der Waals surface area (Å²) in [5.41, 5.74) is 7.91. The lowest BCUT2D eigenvalue weighted by molar-refractivity contribution is 0.185. The Labute approximate surface area is 108 Å². The Kier molecular flexibility index (Phi) is 4.07. The number of nitrogens with zero attached hydrogens (tertiary/aromatic N) is 1. The lowest BCUT2D eigenvalue weighted by Gasteiger charge is -2.35. The Morgan fingerprint density at radius 1 is 1.50 bits per heavy atom. The number of benzene rings is 1. The first-order valence-electron chi connectivity index (χ1n) is 6.63. The number of aryl methyl sites for hydroxylation is 1. The molecule has 0 saturated heterocycles. The maximum absolute atomic E-state index is 11.5. The summed E-state index contributed by atoms with van der Waals surface area (Å²) in [7, 11) is 0. The summed E-state index contributed by atoms with van der Waals surface area (Å²) in [6.45, 7) is 2.84. The van der Waals surface area contributed by atoms with E-state index in [1.54, 1.807) is 4.90 Å². The molecule has 18 heavy (non-hydrogen) atoms. The number of primary amides is 1. The van der Waals surface area contributed by atoms with E-state index in [1.165, 1.54) is 5.56 Å². The number of carbonyl (C=O) groups is 1. The summed E-state index contributed by atoms with van der Waals surface area (Å²) in [4.78, 5) is 13.3. The number of anilines is 1. The molecule has 1 unspecified atom stereocenters. The summed E-state index contributed by atoms with van der Waals surface area (Å²) < 4.78 is 0. The molecule has 1 aromatic carbocycles. The molecule has 1 aromatic rings. The molecular weight excluding hydrogens is 226 g/mol. The highest BCUT2D eigenvalue weighted by Crippen LogP contribution is 2.25. The van der Waals surface area contributed by atoms with Gasteiger partial charge in [-0.25, -0.2) is 4.79 Å². The molecule has 1 aliphatic rings. The van der Waals surface area contributed by atoms with E-state index in [-0.39, 0.29) is 12.2 Å². The second-order valence-electron chi connectivity index (χ2n) is 4.74. The molecule has 0 aromatic heterocycles. The van der Waals surface area contributed by atoms with Gasteiger partial charge in [0.2, 0.25) is 0 Å². The molecule has 0 bridgehead atoms. The van der Waals surface area contributed by atoms with Gasteiger partial charge in [0, 0.05) is 12.2 Å². The fourth-order valence-electron chi connectivity index (χ4n) is 2.40. The van der Waals surface area contributed by atoms with E-state index in [1.807, 2.05) is 12.1 Å². The number of fused-ring (bicyclic) bond motifs is 1. The van der Waals surface area contributed by atoms with Gasteiger partial charge in [0.15, 0.2) is 0 Å². The van der Waals surface area contributed by atoms with Crippen LogP contribution < -0.4 is 11.1 Å². The minimum absolute atomic E-state index is 0.0314. The number of urea groups is 1. The van der Waals surface area contributed by atoms with Crippen molar-refractivity contribution in [3.8, 4) is 0 Å². The third kappa shape index (κ3) is 2.75. The van der Waals surface area contributed by atoms with Gasteiger partial charge in [-0.15, -0.1) is 0 Å². The largest absolute Gasteiger partial charge is 0.365 e. The van der Waals surface area contributed by atoms with Crippen LogP contribution in [-0.4, -0.2) is 23.6 Å². The molecule has 98 valence electrons. The first-order chi connectivity index (χ1) is 8.72. The summed E-state index contributed by atoms with van der Waals surface area (Å²) in [6, 6.07) is 7.90. The van der Waals surface area contributed by atoms with Crippen molar-refractivity contribution < 1.29 is 4.79 Å². The van der Waals surface area contributed by atoms with Crippen LogP contribution in [0.25, 0.3) is 0 Å². The fourth-order valence-corrected chi connectivity index (χ4v) is 2.40. The normalized spacial score (nSPS) is 17.7. The van der Waals surface area contributed by atoms with Crippen LogP contribution in [0.2, 0.25) is 0 Å². The average molecular weight is 247 g/mol. The van der Waals surface area contributed by atoms with Crippen molar-refractivity contribution in [1.82, 2.24) is 4.90 Å². The molecule has 0 spiro atoms. The first kappa shape index (κ1) is 12.7. The van der Waals surface area contributed by atoms with Crippen molar-refractivity contribution in [2.24, 2.45) is 5.73 Å². The van der Waals surface area contributed by atoms with E-state index in [0.717, 1.165) is 37.9 Å². The smallest absolute Gasteiger partial charge is 0.316 e. The van der Waals surface area contributed by atoms with E-state index >= 15 is 0 Å². The molecule has 2 rings (SSSR count). The minimum atomic E-state index is -0.333. The van der Waals surface area contributed by atoms with Crippen LogP contribution in [0.1, 0.15) is 31.7 Å². The van der Waals surface area contributed by atoms with Gasteiger partial charge in [0.25, 0.3) is 0 Å². The molecule has 0 aliphatic carbocycles. The number of nitrogens with one attached hydrogen (secondary N) is 1. The van der Waals surface area contributed by atoms with Crippen molar-refractivity contribution in [2.45, 2.75) is 38.8 Å². The lowest BCUT2D eigenvalue weighted by atomic mass is 10.0. The van der Waals surface area contributed by atoms with Crippen molar-refractivity contribution in [1.29, 1.82) is 0 Å². The van der Waals surface area contributed by atoms with E-state index in [2.05, 4.69) is 24.4 Å². The summed E-state index contributed by atoms with van der Waals surface area (Å²) in [5, 5.41) is 3.41. The zero-order chi connectivity index (χ0) is 13.0. The van der Waals surface area contributed by atoms with Crippen LogP contribution >= 0.6 is 0 Å². The van der Waals surface area contributed by atoms with Crippen LogP contribution in [-0.2, 0) is 6.42 Å². The summed E-state index contributed by atoms with van der Waals surface area (Å²) >= 11 is 0. The van der Waals surface area contributed by atoms with E-state index < -0.39 is 0 Å². The van der Waals surface area contributed by atoms with Crippen molar-refractivity contribution >= 4 is 11.7 Å². The molecule has 1 heterocycles. The van der Waals surface area contributed by atoms with Crippen LogP contribution in [0.15, 0.2) is 24.3 Å². The third-order valence-corrected chi connectivity index (χ3v) is 3.44. The average Bonchev–Trinajstić information content (AvgIpc) is 2.38. The van der Waals surface area contributed by atoms with Crippen LogP contribution in [0.5, 0.6) is 0 Å². The van der Waals surface area contributed by atoms with Gasteiger partial charge in [-0.05, 0) is 30.9 Å². The summed E-state index contributed by atoms with van der Waals surface area (Å²) in [5.74, 6) is 0. The second-order valence-corrected chi connectivity index (χ2v) is 4.74. The number of nitrogens with two attached hydrogens (primary N) is 1. The Balaban J connectivity index is 2.08. The zero-order valence-corrected chi connectivity index (χ0v) is 10.9. The first-order valence-corrected chi connectivity index (χ1v) is 6.63. The monoisotopic (exact) mass is 247 g/mol. The quantitative estimate of drug-likeness (QED) is 0.859. The van der Waals surface area contributed by atoms with Gasteiger partial charge in [0.1, 0.15) is 6.17 Å². The van der Waals surface area contributed by atoms with Crippen LogP contribution in [0.4, 0.5) is 10.5 Å². The Hall–Kier alpha value is -1.71. The van der Waals surface area contributed by atoms with Gasteiger partial charge < -0.3 is 16.0 Å². The standard InChI is InChI=1S/C14H21N3O/c1-2-3-10-17(14(15)18)13-9-8-11-6-4-5-7-12(11)16-13/h4-7,13,16H,2-3,8-10H2,1H3,(H2,15,18). The van der Waals surface area contributed by atoms with Gasteiger partial charge in [-0.1, -0.05) is 31.5 Å². The predicted molar refractivity (Wildman–Crippen MR) is 73.4 cm³/mol. The van der Waals surface area contributed by atoms with E-state index in [9.17, 15) is 4.79 Å². The molecule has 0 radical (unpaired) electrons. The highest BCUT2D eigenvalue weighted by atomic mass is 16.2. The number of para-hydroxylation sites is 1. The molecule has 4 heteroatoms. The Morgan fingerprint density at radius 3 is 3.00 bits per heavy atom. The Bertz CT molecular complexity index is 419. The van der Waals surface area contributed by atoms with Crippen LogP contribution in [0, 0.1) is 0 Å². The van der Waals surface area contributed by atoms with Gasteiger partial charge >= 0.3 is 6.03 Å². The molecule has 3 N–H and O–H groups in total. The number of rotatable bonds is 4. The topological polar surface area (TPSA) is 58.4 Å². The van der Waals surface area contributed by atoms with E-state index in [0.29, 0.717) is 0 Å². The van der Waals surface area contributed by atoms with Crippen molar-refractivity contribution in [3.63, 3.8) is 0 Å². The van der Waals surface area contributed by atoms with Gasteiger partial charge in [-0.2, -0.15) is 0 Å². The minimum Gasteiger partial charge on any atom is -0.365 e. The van der Waals surface area contributed by atoms with Gasteiger partial charge in [0.05, 0.1) is 0 Å². The molecule has 2 amide bonds. The maximum atomic E-state index is 11.5. The highest BCUT2D eigenvalue weighted by Gasteiger charge is 2.25. The number of carbonyl (C=O) groups excluding carboxylic acids is 1.